The number of benzene rings is 1. The Morgan fingerprint density at radius 2 is 1.93 bits per heavy atom. The number of thioether (sulfide) groups is 1. The van der Waals surface area contributed by atoms with Crippen LogP contribution in [0, 0.1) is 10.1 Å². The van der Waals surface area contributed by atoms with E-state index in [0.29, 0.717) is 10.5 Å². The number of non-ortho nitro benzene ring substituents is 1. The highest BCUT2D eigenvalue weighted by atomic mass is 32.2. The Hall–Kier alpha value is -1.62. The van der Waals surface area contributed by atoms with Gasteiger partial charge < -0.3 is 0 Å². The minimum atomic E-state index is -0.502. The molecule has 0 aromatic heterocycles. The van der Waals surface area contributed by atoms with Crippen LogP contribution in [0.5, 0.6) is 0 Å². The van der Waals surface area contributed by atoms with E-state index in [0.717, 1.165) is 0 Å². The predicted octanol–water partition coefficient (Wildman–Crippen LogP) is 2.65. The summed E-state index contributed by atoms with van der Waals surface area (Å²) in [4.78, 5) is 21.9. The molecule has 5 heteroatoms. The van der Waals surface area contributed by atoms with Gasteiger partial charge in [-0.2, -0.15) is 0 Å². The molecule has 0 unspecified atom stereocenters. The highest BCUT2D eigenvalue weighted by molar-refractivity contribution is 8.03. The molecule has 15 heavy (non-hydrogen) atoms. The monoisotopic (exact) mass is 223 g/mol. The molecule has 0 saturated heterocycles. The molecule has 0 atom stereocenters. The molecule has 0 aliphatic heterocycles. The third-order valence-corrected chi connectivity index (χ3v) is 2.52. The second-order valence-electron chi connectivity index (χ2n) is 2.76. The molecule has 4 nitrogen and oxygen atoms in total. The summed E-state index contributed by atoms with van der Waals surface area (Å²) in [5.41, 5.74) is 0.390. The van der Waals surface area contributed by atoms with Gasteiger partial charge >= 0.3 is 0 Å². The molecule has 0 heterocycles. The van der Waals surface area contributed by atoms with Gasteiger partial charge in [-0.15, -0.1) is 11.8 Å². The quantitative estimate of drug-likeness (QED) is 0.341. The van der Waals surface area contributed by atoms with Gasteiger partial charge in [0.1, 0.15) is 0 Å². The summed E-state index contributed by atoms with van der Waals surface area (Å²) in [6, 6.07) is 5.48. The highest BCUT2D eigenvalue weighted by Crippen LogP contribution is 2.18. The van der Waals surface area contributed by atoms with E-state index in [1.165, 1.54) is 36.0 Å². The molecule has 0 aliphatic rings. The summed E-state index contributed by atoms with van der Waals surface area (Å²) in [6.45, 7) is 3.59. The van der Waals surface area contributed by atoms with Gasteiger partial charge in [-0.3, -0.25) is 14.9 Å². The topological polar surface area (TPSA) is 60.2 Å². The van der Waals surface area contributed by atoms with Gasteiger partial charge in [0.2, 0.25) is 0 Å². The molecule has 1 aromatic rings. The van der Waals surface area contributed by atoms with Gasteiger partial charge in [0, 0.05) is 22.6 Å². The summed E-state index contributed by atoms with van der Waals surface area (Å²) in [7, 11) is 0. The largest absolute Gasteiger partial charge is 0.288 e. The zero-order valence-corrected chi connectivity index (χ0v) is 8.91. The van der Waals surface area contributed by atoms with E-state index < -0.39 is 4.92 Å². The van der Waals surface area contributed by atoms with E-state index in [9.17, 15) is 14.9 Å². The molecule has 0 amide bonds. The zero-order chi connectivity index (χ0) is 11.4. The Bertz CT molecular complexity index is 411. The number of ketones is 1. The van der Waals surface area contributed by atoms with Gasteiger partial charge in [0.25, 0.3) is 5.69 Å². The van der Waals surface area contributed by atoms with Crippen LogP contribution < -0.4 is 0 Å². The molecular formula is C10H9NO3S. The van der Waals surface area contributed by atoms with Crippen LogP contribution >= 0.6 is 11.8 Å². The first kappa shape index (κ1) is 11.5. The predicted molar refractivity (Wildman–Crippen MR) is 60.1 cm³/mol. The van der Waals surface area contributed by atoms with Crippen LogP contribution in [0.1, 0.15) is 10.4 Å². The first-order valence-electron chi connectivity index (χ1n) is 4.08. The Balaban J connectivity index is 2.94. The summed E-state index contributed by atoms with van der Waals surface area (Å²) in [5.74, 6) is -0.197. The number of carbonyl (C=O) groups excluding carboxylic acids is 1. The fourth-order valence-electron chi connectivity index (χ4n) is 0.988. The van der Waals surface area contributed by atoms with Crippen molar-refractivity contribution in [1.29, 1.82) is 0 Å². The molecule has 1 aromatic carbocycles. The smallest absolute Gasteiger partial charge is 0.269 e. The average molecular weight is 223 g/mol. The Morgan fingerprint density at radius 1 is 1.40 bits per heavy atom. The Labute approximate surface area is 91.1 Å². The lowest BCUT2D eigenvalue weighted by Crippen LogP contribution is -1.99. The minimum absolute atomic E-state index is 0.0266. The maximum atomic E-state index is 11.6. The molecule has 0 aliphatic carbocycles. The number of hydrogen-bond acceptors (Lipinski definition) is 4. The number of rotatable bonds is 4. The van der Waals surface area contributed by atoms with Gasteiger partial charge in [0.05, 0.1) is 4.92 Å². The SMILES string of the molecule is C=C(SC)C(=O)c1ccc([N+](=O)[O-])cc1. The van der Waals surface area contributed by atoms with Gasteiger partial charge in [0.15, 0.2) is 5.78 Å². The first-order valence-corrected chi connectivity index (χ1v) is 5.30. The molecule has 0 saturated carbocycles. The fourth-order valence-corrected chi connectivity index (χ4v) is 1.29. The average Bonchev–Trinajstić information content (AvgIpc) is 2.27. The van der Waals surface area contributed by atoms with E-state index in [1.807, 2.05) is 0 Å². The second-order valence-corrected chi connectivity index (χ2v) is 3.66. The normalized spacial score (nSPS) is 9.67. The summed E-state index contributed by atoms with van der Waals surface area (Å²) in [5, 5.41) is 10.4. The molecule has 0 spiro atoms. The molecule has 0 fully saturated rings. The zero-order valence-electron chi connectivity index (χ0n) is 8.10. The van der Waals surface area contributed by atoms with Crippen LogP contribution in [-0.2, 0) is 0 Å². The lowest BCUT2D eigenvalue weighted by molar-refractivity contribution is -0.384. The first-order chi connectivity index (χ1) is 7.06. The Morgan fingerprint density at radius 3 is 2.33 bits per heavy atom. The van der Waals surface area contributed by atoms with Crippen molar-refractivity contribution in [2.45, 2.75) is 0 Å². The van der Waals surface area contributed by atoms with Gasteiger partial charge in [-0.25, -0.2) is 0 Å². The van der Waals surface area contributed by atoms with Crippen molar-refractivity contribution in [3.8, 4) is 0 Å². The van der Waals surface area contributed by atoms with Crippen molar-refractivity contribution >= 4 is 23.2 Å². The van der Waals surface area contributed by atoms with Crippen LogP contribution in [0.4, 0.5) is 5.69 Å². The number of carbonyl (C=O) groups is 1. The van der Waals surface area contributed by atoms with Crippen LogP contribution in [-0.4, -0.2) is 17.0 Å². The summed E-state index contributed by atoms with van der Waals surface area (Å²) in [6.07, 6.45) is 1.76. The minimum Gasteiger partial charge on any atom is -0.288 e. The number of hydrogen-bond donors (Lipinski definition) is 0. The standard InChI is InChI=1S/C10H9NO3S/c1-7(15-2)10(12)8-3-5-9(6-4-8)11(13)14/h3-6H,1H2,2H3. The van der Waals surface area contributed by atoms with Crippen LogP contribution in [0.15, 0.2) is 35.7 Å². The fraction of sp³-hybridized carbons (Fsp3) is 0.100. The van der Waals surface area contributed by atoms with Crippen molar-refractivity contribution < 1.29 is 9.72 Å². The van der Waals surface area contributed by atoms with Crippen molar-refractivity contribution in [1.82, 2.24) is 0 Å². The third-order valence-electron chi connectivity index (χ3n) is 1.84. The van der Waals surface area contributed by atoms with Crippen molar-refractivity contribution in [3.05, 3.63) is 51.4 Å². The number of Topliss-reactive ketones (excluding diaryl/α,β-unsaturated/α-hetero) is 1. The third kappa shape index (κ3) is 2.66. The van der Waals surface area contributed by atoms with Crippen LogP contribution in [0.2, 0.25) is 0 Å². The van der Waals surface area contributed by atoms with Gasteiger partial charge in [-0.1, -0.05) is 6.58 Å². The van der Waals surface area contributed by atoms with E-state index in [4.69, 9.17) is 0 Å². The van der Waals surface area contributed by atoms with Crippen LogP contribution in [0.25, 0.3) is 0 Å². The second kappa shape index (κ2) is 4.75. The highest BCUT2D eigenvalue weighted by Gasteiger charge is 2.11. The Kier molecular flexibility index (Phi) is 3.62. The maximum Gasteiger partial charge on any atom is 0.269 e. The van der Waals surface area contributed by atoms with Crippen molar-refractivity contribution in [2.24, 2.45) is 0 Å². The number of nitro groups is 1. The number of allylic oxidation sites excluding steroid dienone is 1. The summed E-state index contributed by atoms with van der Waals surface area (Å²) < 4.78 is 0. The lowest BCUT2D eigenvalue weighted by atomic mass is 10.1. The molecular weight excluding hydrogens is 214 g/mol. The summed E-state index contributed by atoms with van der Waals surface area (Å²) >= 11 is 1.26. The van der Waals surface area contributed by atoms with E-state index >= 15 is 0 Å². The van der Waals surface area contributed by atoms with E-state index in [-0.39, 0.29) is 11.5 Å². The van der Waals surface area contributed by atoms with Crippen molar-refractivity contribution in [3.63, 3.8) is 0 Å². The molecule has 1 rings (SSSR count). The number of nitro benzene ring substituents is 1. The lowest BCUT2D eigenvalue weighted by Gasteiger charge is -2.00. The molecule has 0 radical (unpaired) electrons. The van der Waals surface area contributed by atoms with Crippen molar-refractivity contribution in [2.75, 3.05) is 6.26 Å². The van der Waals surface area contributed by atoms with Crippen LogP contribution in [0.3, 0.4) is 0 Å². The maximum absolute atomic E-state index is 11.6. The number of nitrogens with zero attached hydrogens (tertiary/aromatic N) is 1. The molecule has 0 N–H and O–H groups in total. The van der Waals surface area contributed by atoms with E-state index in [2.05, 4.69) is 6.58 Å². The molecule has 0 bridgehead atoms. The molecule has 78 valence electrons. The van der Waals surface area contributed by atoms with Gasteiger partial charge in [-0.05, 0) is 18.4 Å². The van der Waals surface area contributed by atoms with E-state index in [1.54, 1.807) is 6.26 Å².